The fourth-order valence-corrected chi connectivity index (χ4v) is 2.41. The number of nitrogens with one attached hydrogen (secondary N) is 1. The van der Waals surface area contributed by atoms with Gasteiger partial charge in [-0.25, -0.2) is 10.8 Å². The summed E-state index contributed by atoms with van der Waals surface area (Å²) in [5.74, 6) is 5.81. The number of nitrogens with zero attached hydrogens (tertiary/aromatic N) is 4. The van der Waals surface area contributed by atoms with E-state index in [-0.39, 0.29) is 11.6 Å². The SMILES string of the molecule is CCC1(C)CCN(c2nc(NN)ncc2[N+](=O)[O-])CC1. The molecule has 0 unspecified atom stereocenters. The van der Waals surface area contributed by atoms with Crippen LogP contribution in [0.25, 0.3) is 0 Å². The van der Waals surface area contributed by atoms with Crippen LogP contribution in [-0.4, -0.2) is 28.0 Å². The first kappa shape index (κ1) is 14.4. The van der Waals surface area contributed by atoms with Crippen molar-refractivity contribution in [2.75, 3.05) is 23.4 Å². The second-order valence-corrected chi connectivity index (χ2v) is 5.46. The van der Waals surface area contributed by atoms with Crippen molar-refractivity contribution in [2.24, 2.45) is 11.3 Å². The highest BCUT2D eigenvalue weighted by Gasteiger charge is 2.32. The van der Waals surface area contributed by atoms with Crippen molar-refractivity contribution in [2.45, 2.75) is 33.1 Å². The van der Waals surface area contributed by atoms with Crippen LogP contribution in [0.15, 0.2) is 6.20 Å². The summed E-state index contributed by atoms with van der Waals surface area (Å²) in [5.41, 5.74) is 2.56. The van der Waals surface area contributed by atoms with Gasteiger partial charge in [0.2, 0.25) is 11.8 Å². The Hall–Kier alpha value is -1.96. The molecule has 20 heavy (non-hydrogen) atoms. The Kier molecular flexibility index (Phi) is 4.03. The highest BCUT2D eigenvalue weighted by atomic mass is 16.6. The lowest BCUT2D eigenvalue weighted by atomic mass is 9.78. The second-order valence-electron chi connectivity index (χ2n) is 5.46. The fraction of sp³-hybridized carbons (Fsp3) is 0.667. The molecule has 8 nitrogen and oxygen atoms in total. The third-order valence-electron chi connectivity index (χ3n) is 4.20. The first-order valence-corrected chi connectivity index (χ1v) is 6.72. The first-order chi connectivity index (χ1) is 9.49. The number of nitro groups is 1. The van der Waals surface area contributed by atoms with Gasteiger partial charge in [0.25, 0.3) is 0 Å². The molecule has 0 radical (unpaired) electrons. The average Bonchev–Trinajstić information content (AvgIpc) is 2.47. The fourth-order valence-electron chi connectivity index (χ4n) is 2.41. The van der Waals surface area contributed by atoms with E-state index in [9.17, 15) is 10.1 Å². The molecule has 0 aromatic carbocycles. The molecule has 8 heteroatoms. The Bertz CT molecular complexity index is 499. The van der Waals surface area contributed by atoms with E-state index in [1.807, 2.05) is 4.90 Å². The minimum absolute atomic E-state index is 0.0795. The van der Waals surface area contributed by atoms with Gasteiger partial charge < -0.3 is 4.90 Å². The van der Waals surface area contributed by atoms with Crippen molar-refractivity contribution in [1.29, 1.82) is 0 Å². The molecule has 0 bridgehead atoms. The minimum Gasteiger partial charge on any atom is -0.351 e. The summed E-state index contributed by atoms with van der Waals surface area (Å²) in [6.45, 7) is 5.95. The predicted octanol–water partition coefficient (Wildman–Crippen LogP) is 1.69. The second kappa shape index (κ2) is 5.58. The van der Waals surface area contributed by atoms with E-state index in [2.05, 4.69) is 29.2 Å². The van der Waals surface area contributed by atoms with Crippen LogP contribution < -0.4 is 16.2 Å². The highest BCUT2D eigenvalue weighted by molar-refractivity contribution is 5.59. The Morgan fingerprint density at radius 2 is 2.20 bits per heavy atom. The summed E-state index contributed by atoms with van der Waals surface area (Å²) in [4.78, 5) is 20.5. The van der Waals surface area contributed by atoms with Crippen molar-refractivity contribution in [1.82, 2.24) is 9.97 Å². The van der Waals surface area contributed by atoms with Crippen molar-refractivity contribution in [3.05, 3.63) is 16.3 Å². The molecule has 2 rings (SSSR count). The summed E-state index contributed by atoms with van der Waals surface area (Å²) in [7, 11) is 0. The van der Waals surface area contributed by atoms with E-state index in [0.29, 0.717) is 11.2 Å². The van der Waals surface area contributed by atoms with Gasteiger partial charge in [-0.05, 0) is 18.3 Å². The molecule has 2 heterocycles. The summed E-state index contributed by atoms with van der Waals surface area (Å²) >= 11 is 0. The zero-order chi connectivity index (χ0) is 14.8. The van der Waals surface area contributed by atoms with E-state index >= 15 is 0 Å². The monoisotopic (exact) mass is 280 g/mol. The van der Waals surface area contributed by atoms with Crippen LogP contribution in [0.1, 0.15) is 33.1 Å². The first-order valence-electron chi connectivity index (χ1n) is 6.72. The summed E-state index contributed by atoms with van der Waals surface area (Å²) < 4.78 is 0. The Labute approximate surface area is 117 Å². The molecule has 1 fully saturated rings. The third kappa shape index (κ3) is 2.79. The lowest BCUT2D eigenvalue weighted by Crippen LogP contribution is -2.39. The third-order valence-corrected chi connectivity index (χ3v) is 4.20. The van der Waals surface area contributed by atoms with Crippen LogP contribution in [0.4, 0.5) is 17.5 Å². The minimum atomic E-state index is -0.455. The maximum Gasteiger partial charge on any atom is 0.329 e. The normalized spacial score (nSPS) is 17.9. The molecule has 0 spiro atoms. The molecule has 1 aliphatic rings. The Morgan fingerprint density at radius 1 is 1.55 bits per heavy atom. The number of hydrogen-bond donors (Lipinski definition) is 2. The smallest absolute Gasteiger partial charge is 0.329 e. The van der Waals surface area contributed by atoms with Crippen molar-refractivity contribution in [3.63, 3.8) is 0 Å². The van der Waals surface area contributed by atoms with E-state index in [1.54, 1.807) is 0 Å². The average molecular weight is 280 g/mol. The molecule has 0 amide bonds. The molecule has 1 aliphatic heterocycles. The maximum atomic E-state index is 11.1. The molecule has 0 atom stereocenters. The molecule has 3 N–H and O–H groups in total. The molecular weight excluding hydrogens is 260 g/mol. The Balaban J connectivity index is 2.26. The molecule has 1 aromatic heterocycles. The number of piperidine rings is 1. The molecule has 0 aliphatic carbocycles. The van der Waals surface area contributed by atoms with Gasteiger partial charge in [-0.3, -0.25) is 15.5 Å². The number of hydrogen-bond acceptors (Lipinski definition) is 7. The highest BCUT2D eigenvalue weighted by Crippen LogP contribution is 2.37. The Morgan fingerprint density at radius 3 is 2.70 bits per heavy atom. The van der Waals surface area contributed by atoms with Gasteiger partial charge >= 0.3 is 5.69 Å². The zero-order valence-corrected chi connectivity index (χ0v) is 11.8. The van der Waals surface area contributed by atoms with Crippen molar-refractivity contribution < 1.29 is 4.92 Å². The van der Waals surface area contributed by atoms with Gasteiger partial charge in [-0.1, -0.05) is 20.3 Å². The summed E-state index contributed by atoms with van der Waals surface area (Å²) in [6.07, 6.45) is 4.31. The number of rotatable bonds is 4. The van der Waals surface area contributed by atoms with Gasteiger partial charge in [0, 0.05) is 13.1 Å². The number of nitrogen functional groups attached to an aromatic ring is 1. The number of nitrogens with two attached hydrogens (primary N) is 1. The van der Waals surface area contributed by atoms with E-state index < -0.39 is 4.92 Å². The zero-order valence-electron chi connectivity index (χ0n) is 11.8. The summed E-state index contributed by atoms with van der Waals surface area (Å²) in [5, 5.41) is 11.1. The summed E-state index contributed by atoms with van der Waals surface area (Å²) in [6, 6.07) is 0. The van der Waals surface area contributed by atoms with Crippen molar-refractivity contribution in [3.8, 4) is 0 Å². The largest absolute Gasteiger partial charge is 0.351 e. The van der Waals surface area contributed by atoms with E-state index in [1.165, 1.54) is 6.20 Å². The number of aromatic nitrogens is 2. The molecule has 0 saturated carbocycles. The van der Waals surface area contributed by atoms with Crippen LogP contribution >= 0.6 is 0 Å². The number of hydrazine groups is 1. The molecule has 1 saturated heterocycles. The maximum absolute atomic E-state index is 11.1. The van der Waals surface area contributed by atoms with Crippen LogP contribution in [-0.2, 0) is 0 Å². The molecule has 1 aromatic rings. The standard InChI is InChI=1S/C12H20N6O2/c1-3-12(2)4-6-17(7-5-12)10-9(18(19)20)8-14-11(15-10)16-13/h8H,3-7,13H2,1-2H3,(H,14,15,16). The lowest BCUT2D eigenvalue weighted by Gasteiger charge is -2.39. The van der Waals surface area contributed by atoms with Gasteiger partial charge in [-0.2, -0.15) is 4.98 Å². The number of anilines is 2. The van der Waals surface area contributed by atoms with E-state index in [4.69, 9.17) is 5.84 Å². The lowest BCUT2D eigenvalue weighted by molar-refractivity contribution is -0.384. The van der Waals surface area contributed by atoms with Gasteiger partial charge in [0.15, 0.2) is 0 Å². The van der Waals surface area contributed by atoms with E-state index in [0.717, 1.165) is 32.4 Å². The van der Waals surface area contributed by atoms with Crippen LogP contribution in [0.5, 0.6) is 0 Å². The van der Waals surface area contributed by atoms with Crippen LogP contribution in [0.2, 0.25) is 0 Å². The molecule has 110 valence electrons. The topological polar surface area (TPSA) is 110 Å². The van der Waals surface area contributed by atoms with Crippen LogP contribution in [0.3, 0.4) is 0 Å². The quantitative estimate of drug-likeness (QED) is 0.490. The van der Waals surface area contributed by atoms with Gasteiger partial charge in [0.05, 0.1) is 4.92 Å². The van der Waals surface area contributed by atoms with Gasteiger partial charge in [-0.15, -0.1) is 0 Å². The molecular formula is C12H20N6O2. The van der Waals surface area contributed by atoms with Crippen LogP contribution in [0, 0.1) is 15.5 Å². The predicted molar refractivity (Wildman–Crippen MR) is 76.3 cm³/mol. The van der Waals surface area contributed by atoms with Crippen molar-refractivity contribution >= 4 is 17.5 Å². The van der Waals surface area contributed by atoms with Gasteiger partial charge in [0.1, 0.15) is 6.20 Å².